The van der Waals surface area contributed by atoms with Crippen molar-refractivity contribution in [3.05, 3.63) is 77.4 Å². The standard InChI is InChI=1S/C22H26N6O.2ClH/c1-16-5-7-17(8-6-16)14-20(19-4-2-3-11-24-19)25-22(29)21-15-28(27-26-21)18-9-12-23-13-10-18;;/h2-8,11,15,18,20,23H,9-10,12-14H2,1H3,(H,25,29);2*1H. The molecule has 0 bridgehead atoms. The fourth-order valence-electron chi connectivity index (χ4n) is 3.63. The summed E-state index contributed by atoms with van der Waals surface area (Å²) in [4.78, 5) is 17.4. The number of piperidine rings is 1. The quantitative estimate of drug-likeness (QED) is 0.585. The third-order valence-electron chi connectivity index (χ3n) is 5.34. The lowest BCUT2D eigenvalue weighted by Crippen LogP contribution is -2.31. The van der Waals surface area contributed by atoms with Gasteiger partial charge in [-0.3, -0.25) is 9.78 Å². The van der Waals surface area contributed by atoms with Gasteiger partial charge in [0.15, 0.2) is 5.69 Å². The topological polar surface area (TPSA) is 84.7 Å². The summed E-state index contributed by atoms with van der Waals surface area (Å²) in [5.41, 5.74) is 3.52. The maximum absolute atomic E-state index is 12.9. The molecule has 3 heterocycles. The Hall–Kier alpha value is -2.48. The largest absolute Gasteiger partial charge is 0.342 e. The molecule has 1 atom stereocenters. The fraction of sp³-hybridized carbons (Fsp3) is 0.364. The van der Waals surface area contributed by atoms with Crippen LogP contribution in [0.3, 0.4) is 0 Å². The Bertz CT molecular complexity index is 942. The zero-order valence-electron chi connectivity index (χ0n) is 17.4. The highest BCUT2D eigenvalue weighted by molar-refractivity contribution is 5.92. The second-order valence-electron chi connectivity index (χ2n) is 7.54. The zero-order chi connectivity index (χ0) is 20.1. The van der Waals surface area contributed by atoms with Crippen molar-refractivity contribution in [1.82, 2.24) is 30.6 Å². The molecule has 9 heteroatoms. The van der Waals surface area contributed by atoms with E-state index in [1.165, 1.54) is 5.56 Å². The molecule has 0 aliphatic carbocycles. The van der Waals surface area contributed by atoms with Gasteiger partial charge in [-0.1, -0.05) is 41.1 Å². The van der Waals surface area contributed by atoms with Gasteiger partial charge in [-0.25, -0.2) is 4.68 Å². The molecule has 1 aromatic carbocycles. The number of rotatable bonds is 6. The van der Waals surface area contributed by atoms with Crippen LogP contribution >= 0.6 is 24.8 Å². The second-order valence-corrected chi connectivity index (χ2v) is 7.54. The number of hydrogen-bond donors (Lipinski definition) is 2. The minimum absolute atomic E-state index is 0. The Morgan fingerprint density at radius 2 is 1.90 bits per heavy atom. The summed E-state index contributed by atoms with van der Waals surface area (Å²) in [6, 6.07) is 14.1. The number of nitrogens with zero attached hydrogens (tertiary/aromatic N) is 4. The van der Waals surface area contributed by atoms with Gasteiger partial charge in [-0.15, -0.1) is 29.9 Å². The van der Waals surface area contributed by atoms with Crippen molar-refractivity contribution in [2.45, 2.75) is 38.3 Å². The van der Waals surface area contributed by atoms with Crippen LogP contribution in [0.25, 0.3) is 0 Å². The number of pyridine rings is 1. The lowest BCUT2D eigenvalue weighted by atomic mass is 10.0. The molecular formula is C22H28Cl2N6O. The predicted molar refractivity (Wildman–Crippen MR) is 125 cm³/mol. The normalized spacial score (nSPS) is 14.7. The Balaban J connectivity index is 0.00000171. The number of carbonyl (C=O) groups excluding carboxylic acids is 1. The maximum Gasteiger partial charge on any atom is 0.274 e. The van der Waals surface area contributed by atoms with E-state index in [0.717, 1.165) is 37.2 Å². The fourth-order valence-corrected chi connectivity index (χ4v) is 3.63. The minimum atomic E-state index is -0.240. The number of aryl methyl sites for hydroxylation is 1. The molecule has 4 rings (SSSR count). The van der Waals surface area contributed by atoms with E-state index in [4.69, 9.17) is 0 Å². The van der Waals surface area contributed by atoms with Crippen molar-refractivity contribution in [1.29, 1.82) is 0 Å². The van der Waals surface area contributed by atoms with Gasteiger partial charge >= 0.3 is 0 Å². The number of amides is 1. The third-order valence-corrected chi connectivity index (χ3v) is 5.34. The summed E-state index contributed by atoms with van der Waals surface area (Å²) in [5.74, 6) is -0.229. The first kappa shape index (κ1) is 24.8. The average molecular weight is 463 g/mol. The van der Waals surface area contributed by atoms with Gasteiger partial charge in [-0.2, -0.15) is 0 Å². The summed E-state index contributed by atoms with van der Waals surface area (Å²) >= 11 is 0. The number of nitrogens with one attached hydrogen (secondary N) is 2. The van der Waals surface area contributed by atoms with E-state index in [2.05, 4.69) is 57.1 Å². The lowest BCUT2D eigenvalue weighted by molar-refractivity contribution is 0.0930. The molecule has 1 aliphatic heterocycles. The molecule has 2 N–H and O–H groups in total. The molecular weight excluding hydrogens is 435 g/mol. The Morgan fingerprint density at radius 3 is 2.58 bits per heavy atom. The second kappa shape index (κ2) is 11.8. The van der Waals surface area contributed by atoms with Crippen LogP contribution in [-0.2, 0) is 6.42 Å². The van der Waals surface area contributed by atoms with Crippen LogP contribution in [-0.4, -0.2) is 39.0 Å². The summed E-state index contributed by atoms with van der Waals surface area (Å²) < 4.78 is 1.82. The summed E-state index contributed by atoms with van der Waals surface area (Å²) in [6.45, 7) is 3.99. The molecule has 31 heavy (non-hydrogen) atoms. The number of benzene rings is 1. The smallest absolute Gasteiger partial charge is 0.274 e. The Kier molecular flexibility index (Phi) is 9.43. The van der Waals surface area contributed by atoms with Crippen LogP contribution in [0.15, 0.2) is 54.9 Å². The molecule has 1 fully saturated rings. The van der Waals surface area contributed by atoms with Crippen molar-refractivity contribution in [2.75, 3.05) is 13.1 Å². The molecule has 1 aliphatic rings. The Morgan fingerprint density at radius 1 is 1.16 bits per heavy atom. The molecule has 3 aromatic rings. The first-order chi connectivity index (χ1) is 14.2. The van der Waals surface area contributed by atoms with E-state index in [1.807, 2.05) is 22.9 Å². The number of halogens is 2. The molecule has 1 amide bonds. The monoisotopic (exact) mass is 462 g/mol. The molecule has 0 saturated carbocycles. The van der Waals surface area contributed by atoms with E-state index < -0.39 is 0 Å². The maximum atomic E-state index is 12.9. The first-order valence-electron chi connectivity index (χ1n) is 10.1. The van der Waals surface area contributed by atoms with Gasteiger partial charge in [0.1, 0.15) is 0 Å². The van der Waals surface area contributed by atoms with E-state index in [-0.39, 0.29) is 36.8 Å². The van der Waals surface area contributed by atoms with Crippen molar-refractivity contribution in [3.63, 3.8) is 0 Å². The van der Waals surface area contributed by atoms with Crippen molar-refractivity contribution < 1.29 is 4.79 Å². The number of carbonyl (C=O) groups is 1. The van der Waals surface area contributed by atoms with Crippen molar-refractivity contribution >= 4 is 30.7 Å². The molecule has 0 radical (unpaired) electrons. The summed E-state index contributed by atoms with van der Waals surface area (Å²) in [6.07, 6.45) is 6.15. The van der Waals surface area contributed by atoms with Crippen molar-refractivity contribution in [2.24, 2.45) is 0 Å². The van der Waals surface area contributed by atoms with Gasteiger partial charge in [0, 0.05) is 6.20 Å². The zero-order valence-corrected chi connectivity index (χ0v) is 19.0. The van der Waals surface area contributed by atoms with Gasteiger partial charge < -0.3 is 10.6 Å². The van der Waals surface area contributed by atoms with Crippen LogP contribution in [0.1, 0.15) is 52.2 Å². The molecule has 7 nitrogen and oxygen atoms in total. The van der Waals surface area contributed by atoms with E-state index in [1.54, 1.807) is 12.4 Å². The number of aromatic nitrogens is 4. The van der Waals surface area contributed by atoms with Gasteiger partial charge in [0.25, 0.3) is 5.91 Å². The van der Waals surface area contributed by atoms with E-state index in [0.29, 0.717) is 18.2 Å². The van der Waals surface area contributed by atoms with Crippen LogP contribution in [0.5, 0.6) is 0 Å². The lowest BCUT2D eigenvalue weighted by Gasteiger charge is -2.22. The molecule has 0 spiro atoms. The van der Waals surface area contributed by atoms with Crippen LogP contribution in [0.2, 0.25) is 0 Å². The Labute approximate surface area is 194 Å². The highest BCUT2D eigenvalue weighted by atomic mass is 35.5. The van der Waals surface area contributed by atoms with Gasteiger partial charge in [0.2, 0.25) is 0 Å². The SMILES string of the molecule is Cc1ccc(CC(NC(=O)c2cn(C3CCNCC3)nn2)c2ccccn2)cc1.Cl.Cl. The van der Waals surface area contributed by atoms with Gasteiger partial charge in [-0.05, 0) is 57.0 Å². The minimum Gasteiger partial charge on any atom is -0.342 e. The van der Waals surface area contributed by atoms with Crippen LogP contribution in [0.4, 0.5) is 0 Å². The van der Waals surface area contributed by atoms with E-state index in [9.17, 15) is 4.79 Å². The van der Waals surface area contributed by atoms with Crippen molar-refractivity contribution in [3.8, 4) is 0 Å². The molecule has 1 unspecified atom stereocenters. The molecule has 166 valence electrons. The molecule has 1 saturated heterocycles. The molecule has 2 aromatic heterocycles. The predicted octanol–water partition coefficient (Wildman–Crippen LogP) is 3.46. The number of hydrogen-bond acceptors (Lipinski definition) is 5. The summed E-state index contributed by atoms with van der Waals surface area (Å²) in [5, 5.41) is 14.8. The van der Waals surface area contributed by atoms with Crippen LogP contribution < -0.4 is 10.6 Å². The average Bonchev–Trinajstić information content (AvgIpc) is 3.26. The first-order valence-corrected chi connectivity index (χ1v) is 10.1. The van der Waals surface area contributed by atoms with Gasteiger partial charge in [0.05, 0.1) is 24.0 Å². The highest BCUT2D eigenvalue weighted by Crippen LogP contribution is 2.19. The summed E-state index contributed by atoms with van der Waals surface area (Å²) in [7, 11) is 0. The highest BCUT2D eigenvalue weighted by Gasteiger charge is 2.22. The third kappa shape index (κ3) is 6.50. The van der Waals surface area contributed by atoms with E-state index >= 15 is 0 Å². The van der Waals surface area contributed by atoms with Crippen LogP contribution in [0, 0.1) is 6.92 Å².